The summed E-state index contributed by atoms with van der Waals surface area (Å²) in [6, 6.07) is 6.14. The minimum absolute atomic E-state index is 0.424. The smallest absolute Gasteiger partial charge is 0.412 e. The number of carbonyl (C=O) groups excluding carboxylic acids is 1. The van der Waals surface area contributed by atoms with Crippen LogP contribution >= 0.6 is 15.9 Å². The molecule has 1 aliphatic heterocycles. The molecule has 0 aliphatic carbocycles. The molecule has 122 valence electrons. The Morgan fingerprint density at radius 1 is 1.36 bits per heavy atom. The zero-order chi connectivity index (χ0) is 16.2. The Bertz CT molecular complexity index is 520. The molecule has 1 amide bonds. The highest BCUT2D eigenvalue weighted by Crippen LogP contribution is 2.27. The zero-order valence-electron chi connectivity index (χ0n) is 13.5. The maximum Gasteiger partial charge on any atom is 0.412 e. The van der Waals surface area contributed by atoms with Crippen LogP contribution in [0.25, 0.3) is 0 Å². The summed E-state index contributed by atoms with van der Waals surface area (Å²) in [6.45, 7) is 7.77. The molecular formula is C17H25BrN2O2. The molecule has 4 nitrogen and oxygen atoms in total. The van der Waals surface area contributed by atoms with Gasteiger partial charge in [-0.15, -0.1) is 0 Å². The van der Waals surface area contributed by atoms with Gasteiger partial charge in [-0.2, -0.15) is 0 Å². The highest BCUT2D eigenvalue weighted by molar-refractivity contribution is 9.10. The van der Waals surface area contributed by atoms with Crippen molar-refractivity contribution in [2.75, 3.05) is 18.4 Å². The first kappa shape index (κ1) is 17.3. The molecule has 0 atom stereocenters. The molecule has 2 rings (SSSR count). The third-order valence-electron chi connectivity index (χ3n) is 3.65. The van der Waals surface area contributed by atoms with E-state index in [-0.39, 0.29) is 0 Å². The third-order valence-corrected chi connectivity index (χ3v) is 4.34. The van der Waals surface area contributed by atoms with Crippen LogP contribution in [0.3, 0.4) is 0 Å². The van der Waals surface area contributed by atoms with Gasteiger partial charge in [0.15, 0.2) is 0 Å². The predicted molar refractivity (Wildman–Crippen MR) is 93.3 cm³/mol. The topological polar surface area (TPSA) is 50.4 Å². The summed E-state index contributed by atoms with van der Waals surface area (Å²) in [4.78, 5) is 11.9. The fraction of sp³-hybridized carbons (Fsp3) is 0.588. The van der Waals surface area contributed by atoms with Gasteiger partial charge in [-0.1, -0.05) is 6.07 Å². The van der Waals surface area contributed by atoms with E-state index < -0.39 is 11.7 Å². The minimum atomic E-state index is -0.497. The van der Waals surface area contributed by atoms with Gasteiger partial charge in [0.25, 0.3) is 0 Å². The second kappa shape index (κ2) is 7.47. The molecule has 1 saturated heterocycles. The van der Waals surface area contributed by atoms with E-state index in [9.17, 15) is 4.79 Å². The number of halogens is 1. The standard InChI is InChI=1S/C17H25BrN2O2/c1-17(2,3)22-16(21)20-15-11-13(4-5-14(15)18)10-12-6-8-19-9-7-12/h4-5,11-12,19H,6-10H2,1-3H3,(H,20,21). The highest BCUT2D eigenvalue weighted by atomic mass is 79.9. The molecule has 0 unspecified atom stereocenters. The van der Waals surface area contributed by atoms with Crippen LogP contribution < -0.4 is 10.6 Å². The minimum Gasteiger partial charge on any atom is -0.444 e. The monoisotopic (exact) mass is 368 g/mol. The maximum atomic E-state index is 11.9. The molecule has 22 heavy (non-hydrogen) atoms. The fourth-order valence-corrected chi connectivity index (χ4v) is 2.97. The van der Waals surface area contributed by atoms with Crippen molar-refractivity contribution < 1.29 is 9.53 Å². The maximum absolute atomic E-state index is 11.9. The Hall–Kier alpha value is -1.07. The summed E-state index contributed by atoms with van der Waals surface area (Å²) in [5.41, 5.74) is 1.52. The first-order valence-electron chi connectivity index (χ1n) is 7.82. The summed E-state index contributed by atoms with van der Waals surface area (Å²) in [7, 11) is 0. The number of hydrogen-bond donors (Lipinski definition) is 2. The van der Waals surface area contributed by atoms with E-state index in [2.05, 4.69) is 32.6 Å². The van der Waals surface area contributed by atoms with Crippen molar-refractivity contribution in [2.24, 2.45) is 5.92 Å². The molecule has 0 radical (unpaired) electrons. The molecule has 1 aliphatic rings. The SMILES string of the molecule is CC(C)(C)OC(=O)Nc1cc(CC2CCNCC2)ccc1Br. The van der Waals surface area contributed by atoms with Crippen molar-refractivity contribution in [3.05, 3.63) is 28.2 Å². The molecule has 5 heteroatoms. The summed E-state index contributed by atoms with van der Waals surface area (Å²) in [5.74, 6) is 0.719. The van der Waals surface area contributed by atoms with Gasteiger partial charge in [-0.05, 0) is 92.7 Å². The van der Waals surface area contributed by atoms with Crippen LogP contribution in [0.15, 0.2) is 22.7 Å². The van der Waals surface area contributed by atoms with Crippen molar-refractivity contribution in [1.29, 1.82) is 0 Å². The molecule has 1 fully saturated rings. The van der Waals surface area contributed by atoms with Crippen LogP contribution in [0.5, 0.6) is 0 Å². The van der Waals surface area contributed by atoms with Crippen molar-refractivity contribution in [2.45, 2.75) is 45.6 Å². The van der Waals surface area contributed by atoms with Gasteiger partial charge in [-0.3, -0.25) is 5.32 Å². The summed E-state index contributed by atoms with van der Waals surface area (Å²) in [5, 5.41) is 6.21. The molecule has 2 N–H and O–H groups in total. The largest absolute Gasteiger partial charge is 0.444 e. The Morgan fingerprint density at radius 2 is 2.05 bits per heavy atom. The highest BCUT2D eigenvalue weighted by Gasteiger charge is 2.18. The lowest BCUT2D eigenvalue weighted by Gasteiger charge is -2.23. The van der Waals surface area contributed by atoms with E-state index >= 15 is 0 Å². The van der Waals surface area contributed by atoms with E-state index in [1.807, 2.05) is 32.9 Å². The molecule has 0 saturated carbocycles. The second-order valence-corrected chi connectivity index (χ2v) is 7.69. The Morgan fingerprint density at radius 3 is 2.68 bits per heavy atom. The lowest BCUT2D eigenvalue weighted by molar-refractivity contribution is 0.0636. The number of benzene rings is 1. The number of piperidine rings is 1. The van der Waals surface area contributed by atoms with Crippen LogP contribution in [-0.4, -0.2) is 24.8 Å². The molecule has 1 aromatic rings. The normalized spacial score (nSPS) is 16.4. The van der Waals surface area contributed by atoms with Gasteiger partial charge < -0.3 is 10.1 Å². The van der Waals surface area contributed by atoms with Crippen molar-refractivity contribution in [3.8, 4) is 0 Å². The van der Waals surface area contributed by atoms with Gasteiger partial charge >= 0.3 is 6.09 Å². The van der Waals surface area contributed by atoms with Crippen LogP contribution in [0.2, 0.25) is 0 Å². The van der Waals surface area contributed by atoms with E-state index in [0.717, 1.165) is 35.6 Å². The summed E-state index contributed by atoms with van der Waals surface area (Å²) >= 11 is 3.48. The van der Waals surface area contributed by atoms with E-state index in [1.165, 1.54) is 18.4 Å². The Labute approximate surface area is 141 Å². The Balaban J connectivity index is 2.01. The summed E-state index contributed by atoms with van der Waals surface area (Å²) < 4.78 is 6.18. The molecular weight excluding hydrogens is 344 g/mol. The van der Waals surface area contributed by atoms with E-state index in [4.69, 9.17) is 4.74 Å². The molecule has 1 aromatic carbocycles. The predicted octanol–water partition coefficient (Wildman–Crippen LogP) is 4.34. The number of amides is 1. The first-order valence-corrected chi connectivity index (χ1v) is 8.62. The van der Waals surface area contributed by atoms with Gasteiger partial charge in [0, 0.05) is 4.47 Å². The number of ether oxygens (including phenoxy) is 1. The van der Waals surface area contributed by atoms with E-state index in [1.54, 1.807) is 0 Å². The van der Waals surface area contributed by atoms with Crippen LogP contribution in [-0.2, 0) is 11.2 Å². The first-order chi connectivity index (χ1) is 10.3. The fourth-order valence-electron chi connectivity index (χ4n) is 2.63. The molecule has 1 heterocycles. The third kappa shape index (κ3) is 5.61. The summed E-state index contributed by atoms with van der Waals surface area (Å²) in [6.07, 6.45) is 3.06. The number of hydrogen-bond acceptors (Lipinski definition) is 3. The molecule has 0 spiro atoms. The number of anilines is 1. The van der Waals surface area contributed by atoms with Crippen molar-refractivity contribution in [3.63, 3.8) is 0 Å². The van der Waals surface area contributed by atoms with Gasteiger partial charge in [-0.25, -0.2) is 4.79 Å². The average Bonchev–Trinajstić information content (AvgIpc) is 2.41. The van der Waals surface area contributed by atoms with Gasteiger partial charge in [0.05, 0.1) is 5.69 Å². The molecule has 0 aromatic heterocycles. The van der Waals surface area contributed by atoms with Crippen molar-refractivity contribution in [1.82, 2.24) is 5.32 Å². The second-order valence-electron chi connectivity index (χ2n) is 6.84. The van der Waals surface area contributed by atoms with Crippen LogP contribution in [0.4, 0.5) is 10.5 Å². The average molecular weight is 369 g/mol. The zero-order valence-corrected chi connectivity index (χ0v) is 15.1. The number of nitrogens with one attached hydrogen (secondary N) is 2. The lowest BCUT2D eigenvalue weighted by Crippen LogP contribution is -2.28. The van der Waals surface area contributed by atoms with Crippen LogP contribution in [0.1, 0.15) is 39.2 Å². The van der Waals surface area contributed by atoms with Gasteiger partial charge in [0.2, 0.25) is 0 Å². The lowest BCUT2D eigenvalue weighted by atomic mass is 9.91. The van der Waals surface area contributed by atoms with Crippen LogP contribution in [0, 0.1) is 5.92 Å². The van der Waals surface area contributed by atoms with Crippen molar-refractivity contribution >= 4 is 27.7 Å². The molecule has 0 bridgehead atoms. The van der Waals surface area contributed by atoms with E-state index in [0.29, 0.717) is 0 Å². The number of carbonyl (C=O) groups is 1. The Kier molecular flexibility index (Phi) is 5.87. The van der Waals surface area contributed by atoms with Gasteiger partial charge in [0.1, 0.15) is 5.60 Å². The number of rotatable bonds is 3. The quantitative estimate of drug-likeness (QED) is 0.834.